The second-order valence-electron chi connectivity index (χ2n) is 5.38. The molecular weight excluding hydrogens is 273 g/mol. The lowest BCUT2D eigenvalue weighted by atomic mass is 10.1. The van der Waals surface area contributed by atoms with E-state index in [-0.39, 0.29) is 5.82 Å². The summed E-state index contributed by atoms with van der Waals surface area (Å²) in [5, 5.41) is 13.7. The Morgan fingerprint density at radius 2 is 2.20 bits per heavy atom. The molecule has 20 heavy (non-hydrogen) atoms. The maximum Gasteiger partial charge on any atom is 0.146 e. The van der Waals surface area contributed by atoms with Gasteiger partial charge in [-0.15, -0.1) is 0 Å². The number of aliphatic hydroxyl groups excluding tert-OH is 1. The Bertz CT molecular complexity index is 578. The van der Waals surface area contributed by atoms with Gasteiger partial charge < -0.3 is 10.0 Å². The van der Waals surface area contributed by atoms with E-state index in [1.54, 1.807) is 24.3 Å². The summed E-state index contributed by atoms with van der Waals surface area (Å²) in [7, 11) is 0. The summed E-state index contributed by atoms with van der Waals surface area (Å²) in [5.41, 5.74) is 2.49. The number of halogens is 1. The summed E-state index contributed by atoms with van der Waals surface area (Å²) in [6.07, 6.45) is 1.62. The van der Waals surface area contributed by atoms with Crippen molar-refractivity contribution in [2.24, 2.45) is 0 Å². The topological polar surface area (TPSA) is 23.5 Å². The van der Waals surface area contributed by atoms with Gasteiger partial charge in [0.25, 0.3) is 0 Å². The van der Waals surface area contributed by atoms with Crippen LogP contribution >= 0.6 is 11.3 Å². The molecule has 1 aromatic heterocycles. The predicted octanol–water partition coefficient (Wildman–Crippen LogP) is 4.11. The molecule has 1 saturated carbocycles. The van der Waals surface area contributed by atoms with Crippen LogP contribution in [0.1, 0.15) is 37.0 Å². The van der Waals surface area contributed by atoms with E-state index in [2.05, 4.69) is 16.3 Å². The lowest BCUT2D eigenvalue weighted by Gasteiger charge is -2.25. The third-order valence-corrected chi connectivity index (χ3v) is 4.42. The zero-order valence-electron chi connectivity index (χ0n) is 11.4. The molecule has 3 rings (SSSR count). The van der Waals surface area contributed by atoms with Gasteiger partial charge in [0.15, 0.2) is 0 Å². The van der Waals surface area contributed by atoms with E-state index in [1.807, 2.05) is 11.4 Å². The van der Waals surface area contributed by atoms with Crippen molar-refractivity contribution in [3.63, 3.8) is 0 Å². The lowest BCUT2D eigenvalue weighted by Crippen LogP contribution is -2.25. The number of anilines is 1. The number of aliphatic hydroxyl groups is 1. The summed E-state index contributed by atoms with van der Waals surface area (Å²) < 4.78 is 14.3. The van der Waals surface area contributed by atoms with E-state index in [4.69, 9.17) is 0 Å². The third-order valence-electron chi connectivity index (χ3n) is 3.68. The van der Waals surface area contributed by atoms with Crippen LogP contribution in [0.15, 0.2) is 35.0 Å². The van der Waals surface area contributed by atoms with E-state index < -0.39 is 6.10 Å². The van der Waals surface area contributed by atoms with Crippen molar-refractivity contribution in [2.75, 3.05) is 4.90 Å². The van der Waals surface area contributed by atoms with Crippen molar-refractivity contribution < 1.29 is 9.50 Å². The van der Waals surface area contributed by atoms with Crippen LogP contribution in [0.4, 0.5) is 10.1 Å². The number of nitrogens with zero attached hydrogens (tertiary/aromatic N) is 1. The maximum atomic E-state index is 14.3. The number of hydrogen-bond acceptors (Lipinski definition) is 3. The van der Waals surface area contributed by atoms with E-state index in [1.165, 1.54) is 11.6 Å². The van der Waals surface area contributed by atoms with Gasteiger partial charge in [-0.1, -0.05) is 6.07 Å². The average molecular weight is 291 g/mol. The van der Waals surface area contributed by atoms with E-state index in [9.17, 15) is 9.50 Å². The fourth-order valence-electron chi connectivity index (χ4n) is 2.39. The predicted molar refractivity (Wildman–Crippen MR) is 80.6 cm³/mol. The summed E-state index contributed by atoms with van der Waals surface area (Å²) in [6, 6.07) is 7.58. The van der Waals surface area contributed by atoms with Gasteiger partial charge in [-0.2, -0.15) is 11.3 Å². The molecule has 1 aliphatic rings. The largest absolute Gasteiger partial charge is 0.389 e. The normalized spacial score (nSPS) is 16.1. The first-order valence-electron chi connectivity index (χ1n) is 6.90. The first-order chi connectivity index (χ1) is 9.65. The van der Waals surface area contributed by atoms with Gasteiger partial charge in [0.1, 0.15) is 5.82 Å². The Morgan fingerprint density at radius 3 is 2.75 bits per heavy atom. The highest BCUT2D eigenvalue weighted by Gasteiger charge is 2.31. The summed E-state index contributed by atoms with van der Waals surface area (Å²) in [5.74, 6) is -0.245. The maximum absolute atomic E-state index is 14.3. The Morgan fingerprint density at radius 1 is 1.40 bits per heavy atom. The van der Waals surface area contributed by atoms with Crippen LogP contribution < -0.4 is 4.90 Å². The first-order valence-corrected chi connectivity index (χ1v) is 7.84. The van der Waals surface area contributed by atoms with Gasteiger partial charge in [-0.05, 0) is 59.9 Å². The standard InChI is InChI=1S/C16H18FNOS/c1-11(19)13-2-5-16(15(17)8-13)18(14-3-4-14)9-12-6-7-20-10-12/h2,5-8,10-11,14,19H,3-4,9H2,1H3/t11-/m1/s1. The first kappa shape index (κ1) is 13.6. The summed E-state index contributed by atoms with van der Waals surface area (Å²) >= 11 is 1.67. The van der Waals surface area contributed by atoms with Crippen molar-refractivity contribution >= 4 is 17.0 Å². The van der Waals surface area contributed by atoms with Crippen molar-refractivity contribution in [1.29, 1.82) is 0 Å². The van der Waals surface area contributed by atoms with Gasteiger partial charge in [0, 0.05) is 12.6 Å². The fourth-order valence-corrected chi connectivity index (χ4v) is 3.05. The summed E-state index contributed by atoms with van der Waals surface area (Å²) in [4.78, 5) is 2.14. The molecule has 1 aromatic carbocycles. The van der Waals surface area contributed by atoms with E-state index in [0.717, 1.165) is 19.4 Å². The van der Waals surface area contributed by atoms with Crippen molar-refractivity contribution in [3.8, 4) is 0 Å². The minimum atomic E-state index is -0.634. The smallest absolute Gasteiger partial charge is 0.146 e. The Labute approximate surface area is 122 Å². The molecule has 1 fully saturated rings. The SMILES string of the molecule is C[C@@H](O)c1ccc(N(Cc2ccsc2)C2CC2)c(F)c1. The molecule has 0 bridgehead atoms. The van der Waals surface area contributed by atoms with Crippen LogP contribution in [-0.2, 0) is 6.54 Å². The molecule has 4 heteroatoms. The quantitative estimate of drug-likeness (QED) is 0.896. The zero-order valence-corrected chi connectivity index (χ0v) is 12.2. The van der Waals surface area contributed by atoms with Crippen LogP contribution in [0.25, 0.3) is 0 Å². The van der Waals surface area contributed by atoms with Crippen molar-refractivity contribution in [2.45, 2.75) is 38.5 Å². The molecule has 0 spiro atoms. The average Bonchev–Trinajstić information content (AvgIpc) is 3.14. The molecule has 0 aliphatic heterocycles. The molecule has 0 saturated heterocycles. The summed E-state index contributed by atoms with van der Waals surface area (Å²) in [6.45, 7) is 2.40. The lowest BCUT2D eigenvalue weighted by molar-refractivity contribution is 0.199. The minimum absolute atomic E-state index is 0.245. The van der Waals surface area contributed by atoms with Crippen LogP contribution in [0, 0.1) is 5.82 Å². The molecule has 1 aliphatic carbocycles. The highest BCUT2D eigenvalue weighted by molar-refractivity contribution is 7.07. The minimum Gasteiger partial charge on any atom is -0.389 e. The highest BCUT2D eigenvalue weighted by atomic mass is 32.1. The molecule has 1 N–H and O–H groups in total. The molecule has 0 amide bonds. The number of hydrogen-bond donors (Lipinski definition) is 1. The highest BCUT2D eigenvalue weighted by Crippen LogP contribution is 2.35. The van der Waals surface area contributed by atoms with Crippen molar-refractivity contribution in [1.82, 2.24) is 0 Å². The number of benzene rings is 1. The van der Waals surface area contributed by atoms with Gasteiger partial charge in [0.05, 0.1) is 11.8 Å². The molecule has 0 unspecified atom stereocenters. The Kier molecular flexibility index (Phi) is 3.76. The fraction of sp³-hybridized carbons (Fsp3) is 0.375. The molecular formula is C16H18FNOS. The van der Waals surface area contributed by atoms with Gasteiger partial charge in [-0.25, -0.2) is 4.39 Å². The Hall–Kier alpha value is -1.39. The molecule has 0 radical (unpaired) electrons. The van der Waals surface area contributed by atoms with Crippen LogP contribution in [0.2, 0.25) is 0 Å². The number of rotatable bonds is 5. The second-order valence-corrected chi connectivity index (χ2v) is 6.16. The molecule has 2 nitrogen and oxygen atoms in total. The van der Waals surface area contributed by atoms with E-state index >= 15 is 0 Å². The van der Waals surface area contributed by atoms with Crippen molar-refractivity contribution in [3.05, 3.63) is 52.0 Å². The van der Waals surface area contributed by atoms with E-state index in [0.29, 0.717) is 17.3 Å². The number of thiophene rings is 1. The van der Waals surface area contributed by atoms with Gasteiger partial charge in [0.2, 0.25) is 0 Å². The van der Waals surface area contributed by atoms with Gasteiger partial charge in [-0.3, -0.25) is 0 Å². The van der Waals surface area contributed by atoms with Crippen LogP contribution in [-0.4, -0.2) is 11.1 Å². The Balaban J connectivity index is 1.87. The molecule has 2 aromatic rings. The van der Waals surface area contributed by atoms with Crippen LogP contribution in [0.3, 0.4) is 0 Å². The third kappa shape index (κ3) is 2.86. The molecule has 106 valence electrons. The zero-order chi connectivity index (χ0) is 14.1. The molecule has 1 atom stereocenters. The van der Waals surface area contributed by atoms with Crippen LogP contribution in [0.5, 0.6) is 0 Å². The molecule has 1 heterocycles. The second kappa shape index (κ2) is 5.54. The van der Waals surface area contributed by atoms with Gasteiger partial charge >= 0.3 is 0 Å². The monoisotopic (exact) mass is 291 g/mol.